The Morgan fingerprint density at radius 3 is 2.88 bits per heavy atom. The lowest BCUT2D eigenvalue weighted by atomic mass is 10.2. The Bertz CT molecular complexity index is 1070. The average molecular weight is 333 g/mol. The molecule has 0 aliphatic carbocycles. The van der Waals surface area contributed by atoms with Gasteiger partial charge in [0.25, 0.3) is 0 Å². The first-order valence-corrected chi connectivity index (χ1v) is 7.97. The topological polar surface area (TPSA) is 60.9 Å². The summed E-state index contributed by atoms with van der Waals surface area (Å²) in [4.78, 5) is 4.72. The number of anilines is 2. The third-order valence-electron chi connectivity index (χ3n) is 4.16. The van der Waals surface area contributed by atoms with Crippen LogP contribution in [0.1, 0.15) is 5.56 Å². The number of furan rings is 1. The lowest BCUT2D eigenvalue weighted by Crippen LogP contribution is -1.97. The molecule has 6 nitrogen and oxygen atoms in total. The SMILES string of the molecule is Cc1ccc2nc(-c3ccco3)c(Nc3ccc4c(c3)OCO4)n2c1. The maximum absolute atomic E-state index is 5.57. The van der Waals surface area contributed by atoms with E-state index < -0.39 is 0 Å². The minimum absolute atomic E-state index is 0.255. The van der Waals surface area contributed by atoms with Gasteiger partial charge in [-0.25, -0.2) is 4.98 Å². The molecule has 0 bridgehead atoms. The molecule has 4 heterocycles. The van der Waals surface area contributed by atoms with Gasteiger partial charge in [0, 0.05) is 18.0 Å². The molecule has 0 radical (unpaired) electrons. The van der Waals surface area contributed by atoms with Gasteiger partial charge < -0.3 is 19.2 Å². The van der Waals surface area contributed by atoms with Crippen molar-refractivity contribution in [2.24, 2.45) is 0 Å². The van der Waals surface area contributed by atoms with E-state index in [1.165, 1.54) is 0 Å². The minimum atomic E-state index is 0.255. The van der Waals surface area contributed by atoms with Gasteiger partial charge in [-0.1, -0.05) is 6.07 Å². The van der Waals surface area contributed by atoms with Crippen molar-refractivity contribution in [1.29, 1.82) is 0 Å². The van der Waals surface area contributed by atoms with Gasteiger partial charge in [0.15, 0.2) is 17.3 Å². The second-order valence-corrected chi connectivity index (χ2v) is 5.91. The van der Waals surface area contributed by atoms with Gasteiger partial charge in [-0.3, -0.25) is 4.40 Å². The van der Waals surface area contributed by atoms with Crippen LogP contribution in [-0.4, -0.2) is 16.2 Å². The van der Waals surface area contributed by atoms with Gasteiger partial charge in [-0.15, -0.1) is 0 Å². The van der Waals surface area contributed by atoms with Crippen LogP contribution in [0.3, 0.4) is 0 Å². The van der Waals surface area contributed by atoms with Crippen LogP contribution in [-0.2, 0) is 0 Å². The van der Waals surface area contributed by atoms with Crippen molar-refractivity contribution in [3.8, 4) is 23.0 Å². The van der Waals surface area contributed by atoms with E-state index in [1.807, 2.05) is 53.1 Å². The lowest BCUT2D eigenvalue weighted by molar-refractivity contribution is 0.174. The fourth-order valence-corrected chi connectivity index (χ4v) is 2.97. The third kappa shape index (κ3) is 2.30. The van der Waals surface area contributed by atoms with Crippen LogP contribution in [0.4, 0.5) is 11.5 Å². The van der Waals surface area contributed by atoms with Crippen LogP contribution in [0.25, 0.3) is 17.1 Å². The highest BCUT2D eigenvalue weighted by Crippen LogP contribution is 2.37. The number of aromatic nitrogens is 2. The van der Waals surface area contributed by atoms with E-state index in [2.05, 4.69) is 12.2 Å². The zero-order chi connectivity index (χ0) is 16.8. The van der Waals surface area contributed by atoms with E-state index in [4.69, 9.17) is 18.9 Å². The number of hydrogen-bond acceptors (Lipinski definition) is 5. The molecule has 25 heavy (non-hydrogen) atoms. The zero-order valence-electron chi connectivity index (χ0n) is 13.5. The second-order valence-electron chi connectivity index (χ2n) is 5.91. The normalized spacial score (nSPS) is 12.7. The summed E-state index contributed by atoms with van der Waals surface area (Å²) in [5.41, 5.74) is 3.64. The summed E-state index contributed by atoms with van der Waals surface area (Å²) < 4.78 is 18.4. The number of nitrogens with zero attached hydrogens (tertiary/aromatic N) is 2. The molecule has 1 aliphatic heterocycles. The Balaban J connectivity index is 1.66. The molecule has 1 aromatic carbocycles. The Morgan fingerprint density at radius 1 is 1.08 bits per heavy atom. The second kappa shape index (κ2) is 5.31. The molecule has 4 aromatic rings. The van der Waals surface area contributed by atoms with E-state index in [0.717, 1.165) is 39.9 Å². The maximum atomic E-state index is 5.57. The first-order chi connectivity index (χ1) is 12.3. The smallest absolute Gasteiger partial charge is 0.231 e. The highest BCUT2D eigenvalue weighted by molar-refractivity contribution is 5.78. The molecule has 1 N–H and O–H groups in total. The summed E-state index contributed by atoms with van der Waals surface area (Å²) in [5, 5.41) is 3.45. The number of fused-ring (bicyclic) bond motifs is 2. The van der Waals surface area contributed by atoms with Crippen LogP contribution < -0.4 is 14.8 Å². The Morgan fingerprint density at radius 2 is 2.00 bits per heavy atom. The Kier molecular flexibility index (Phi) is 2.97. The first-order valence-electron chi connectivity index (χ1n) is 7.97. The molecule has 0 atom stereocenters. The zero-order valence-corrected chi connectivity index (χ0v) is 13.5. The van der Waals surface area contributed by atoms with Crippen molar-refractivity contribution in [2.75, 3.05) is 12.1 Å². The summed E-state index contributed by atoms with van der Waals surface area (Å²) in [7, 11) is 0. The maximum Gasteiger partial charge on any atom is 0.231 e. The Hall–Kier alpha value is -3.41. The van der Waals surface area contributed by atoms with Crippen molar-refractivity contribution < 1.29 is 13.9 Å². The quantitative estimate of drug-likeness (QED) is 0.603. The summed E-state index contributed by atoms with van der Waals surface area (Å²) in [6, 6.07) is 13.6. The molecule has 0 saturated carbocycles. The molecule has 5 rings (SSSR count). The first kappa shape index (κ1) is 14.0. The van der Waals surface area contributed by atoms with Crippen molar-refractivity contribution in [3.63, 3.8) is 0 Å². The molecule has 0 spiro atoms. The molecular formula is C19H15N3O3. The van der Waals surface area contributed by atoms with E-state index in [-0.39, 0.29) is 6.79 Å². The van der Waals surface area contributed by atoms with Gasteiger partial charge in [0.2, 0.25) is 6.79 Å². The number of rotatable bonds is 3. The molecule has 6 heteroatoms. The van der Waals surface area contributed by atoms with Gasteiger partial charge >= 0.3 is 0 Å². The highest BCUT2D eigenvalue weighted by atomic mass is 16.7. The monoisotopic (exact) mass is 333 g/mol. The fourth-order valence-electron chi connectivity index (χ4n) is 2.97. The largest absolute Gasteiger partial charge is 0.463 e. The van der Waals surface area contributed by atoms with E-state index >= 15 is 0 Å². The van der Waals surface area contributed by atoms with Crippen molar-refractivity contribution in [3.05, 3.63) is 60.5 Å². The van der Waals surface area contributed by atoms with Crippen LogP contribution >= 0.6 is 0 Å². The van der Waals surface area contributed by atoms with Gasteiger partial charge in [0.05, 0.1) is 6.26 Å². The molecule has 0 unspecified atom stereocenters. The van der Waals surface area contributed by atoms with Gasteiger partial charge in [0.1, 0.15) is 17.2 Å². The number of aryl methyl sites for hydroxylation is 1. The molecule has 0 amide bonds. The minimum Gasteiger partial charge on any atom is -0.463 e. The van der Waals surface area contributed by atoms with Crippen molar-refractivity contribution in [2.45, 2.75) is 6.92 Å². The predicted molar refractivity (Wildman–Crippen MR) is 93.5 cm³/mol. The summed E-state index contributed by atoms with van der Waals surface area (Å²) in [6.07, 6.45) is 3.69. The summed E-state index contributed by atoms with van der Waals surface area (Å²) >= 11 is 0. The van der Waals surface area contributed by atoms with Crippen molar-refractivity contribution >= 4 is 17.2 Å². The number of imidazole rings is 1. The fraction of sp³-hybridized carbons (Fsp3) is 0.105. The van der Waals surface area contributed by atoms with Gasteiger partial charge in [-0.2, -0.15) is 0 Å². The lowest BCUT2D eigenvalue weighted by Gasteiger charge is -2.09. The number of ether oxygens (including phenoxy) is 2. The molecule has 124 valence electrons. The number of nitrogens with one attached hydrogen (secondary N) is 1. The third-order valence-corrected chi connectivity index (χ3v) is 4.16. The van der Waals surface area contributed by atoms with Crippen LogP contribution in [0.5, 0.6) is 11.5 Å². The van der Waals surface area contributed by atoms with Crippen LogP contribution in [0, 0.1) is 6.92 Å². The van der Waals surface area contributed by atoms with Crippen LogP contribution in [0.15, 0.2) is 59.3 Å². The van der Waals surface area contributed by atoms with E-state index in [1.54, 1.807) is 6.26 Å². The highest BCUT2D eigenvalue weighted by Gasteiger charge is 2.18. The van der Waals surface area contributed by atoms with Crippen LogP contribution in [0.2, 0.25) is 0 Å². The Labute approximate surface area is 143 Å². The average Bonchev–Trinajstić information content (AvgIpc) is 3.34. The molecule has 0 fully saturated rings. The number of benzene rings is 1. The number of hydrogen-bond donors (Lipinski definition) is 1. The number of pyridine rings is 1. The van der Waals surface area contributed by atoms with Crippen molar-refractivity contribution in [1.82, 2.24) is 9.38 Å². The summed E-state index contributed by atoms with van der Waals surface area (Å²) in [5.74, 6) is 3.04. The molecular weight excluding hydrogens is 318 g/mol. The molecule has 1 aliphatic rings. The standard InChI is InChI=1S/C19H15N3O3/c1-12-4-7-17-21-18(15-3-2-8-23-15)19(22(17)10-12)20-13-5-6-14-16(9-13)25-11-24-14/h2-10,20H,11H2,1H3. The van der Waals surface area contributed by atoms with Gasteiger partial charge in [-0.05, 0) is 42.8 Å². The predicted octanol–water partition coefficient (Wildman–Crippen LogP) is 4.38. The van der Waals surface area contributed by atoms with E-state index in [9.17, 15) is 0 Å². The van der Waals surface area contributed by atoms with E-state index in [0.29, 0.717) is 5.76 Å². The molecule has 3 aromatic heterocycles. The summed E-state index contributed by atoms with van der Waals surface area (Å²) in [6.45, 7) is 2.31. The molecule has 0 saturated heterocycles.